The summed E-state index contributed by atoms with van der Waals surface area (Å²) >= 11 is 0. The van der Waals surface area contributed by atoms with Crippen LogP contribution in [-0.4, -0.2) is 24.5 Å². The maximum absolute atomic E-state index is 12.0. The van der Waals surface area contributed by atoms with Crippen molar-refractivity contribution in [1.82, 2.24) is 10.6 Å². The molecule has 3 nitrogen and oxygen atoms in total. The van der Waals surface area contributed by atoms with Crippen LogP contribution in [0.25, 0.3) is 0 Å². The summed E-state index contributed by atoms with van der Waals surface area (Å²) in [6.45, 7) is 9.55. The molecule has 0 heterocycles. The van der Waals surface area contributed by atoms with Gasteiger partial charge in [-0.05, 0) is 51.0 Å². The SMILES string of the molecule is CCC(CC)NC(=O)C(C)NCCC1CCCC(C)C1. The average Bonchev–Trinajstić information content (AvgIpc) is 2.44. The molecule has 2 N–H and O–H groups in total. The molecule has 3 heteroatoms. The molecule has 1 saturated carbocycles. The molecule has 0 aromatic rings. The minimum absolute atomic E-state index is 0.0726. The first-order valence-corrected chi connectivity index (χ1v) is 8.60. The zero-order valence-electron chi connectivity index (χ0n) is 13.9. The molecule has 1 aliphatic carbocycles. The fraction of sp³-hybridized carbons (Fsp3) is 0.941. The van der Waals surface area contributed by atoms with Crippen LogP contribution in [0, 0.1) is 11.8 Å². The number of carbonyl (C=O) groups excluding carboxylic acids is 1. The van der Waals surface area contributed by atoms with E-state index in [-0.39, 0.29) is 11.9 Å². The molecule has 1 aliphatic rings. The highest BCUT2D eigenvalue weighted by Crippen LogP contribution is 2.30. The molecule has 1 rings (SSSR count). The second kappa shape index (κ2) is 9.38. The monoisotopic (exact) mass is 282 g/mol. The number of amides is 1. The van der Waals surface area contributed by atoms with E-state index in [0.29, 0.717) is 6.04 Å². The highest BCUT2D eigenvalue weighted by Gasteiger charge is 2.19. The Bertz CT molecular complexity index is 276. The first kappa shape index (κ1) is 17.5. The summed E-state index contributed by atoms with van der Waals surface area (Å²) in [5.74, 6) is 1.90. The average molecular weight is 282 g/mol. The molecule has 1 fully saturated rings. The van der Waals surface area contributed by atoms with Crippen LogP contribution in [-0.2, 0) is 4.79 Å². The zero-order chi connectivity index (χ0) is 15.0. The van der Waals surface area contributed by atoms with Crippen molar-refractivity contribution in [2.45, 2.75) is 84.7 Å². The van der Waals surface area contributed by atoms with E-state index in [1.165, 1.54) is 32.1 Å². The maximum Gasteiger partial charge on any atom is 0.237 e. The lowest BCUT2D eigenvalue weighted by atomic mass is 9.81. The van der Waals surface area contributed by atoms with Crippen molar-refractivity contribution in [2.75, 3.05) is 6.54 Å². The van der Waals surface area contributed by atoms with Gasteiger partial charge in [0.25, 0.3) is 0 Å². The summed E-state index contributed by atoms with van der Waals surface area (Å²) in [6, 6.07) is 0.252. The van der Waals surface area contributed by atoms with Crippen LogP contribution < -0.4 is 10.6 Å². The molecule has 0 saturated heterocycles. The van der Waals surface area contributed by atoms with E-state index in [9.17, 15) is 4.79 Å². The van der Waals surface area contributed by atoms with Gasteiger partial charge in [0, 0.05) is 6.04 Å². The zero-order valence-corrected chi connectivity index (χ0v) is 13.9. The summed E-state index contributed by atoms with van der Waals surface area (Å²) in [5, 5.41) is 6.50. The number of hydrogen-bond acceptors (Lipinski definition) is 2. The van der Waals surface area contributed by atoms with Crippen LogP contribution in [0.15, 0.2) is 0 Å². The summed E-state index contributed by atoms with van der Waals surface area (Å²) in [7, 11) is 0. The van der Waals surface area contributed by atoms with Crippen molar-refractivity contribution in [2.24, 2.45) is 11.8 Å². The van der Waals surface area contributed by atoms with Crippen molar-refractivity contribution >= 4 is 5.91 Å². The lowest BCUT2D eigenvalue weighted by molar-refractivity contribution is -0.123. The van der Waals surface area contributed by atoms with Crippen LogP contribution in [0.3, 0.4) is 0 Å². The third-order valence-electron chi connectivity index (χ3n) is 4.77. The van der Waals surface area contributed by atoms with E-state index in [1.54, 1.807) is 0 Å². The predicted molar refractivity (Wildman–Crippen MR) is 85.7 cm³/mol. The van der Waals surface area contributed by atoms with Crippen molar-refractivity contribution in [1.29, 1.82) is 0 Å². The third kappa shape index (κ3) is 6.25. The van der Waals surface area contributed by atoms with Gasteiger partial charge in [-0.3, -0.25) is 4.79 Å². The largest absolute Gasteiger partial charge is 0.352 e. The summed E-state index contributed by atoms with van der Waals surface area (Å²) in [6.07, 6.45) is 8.77. The molecular weight excluding hydrogens is 248 g/mol. The molecule has 0 aromatic carbocycles. The van der Waals surface area contributed by atoms with Crippen LogP contribution >= 0.6 is 0 Å². The van der Waals surface area contributed by atoms with Crippen LogP contribution in [0.5, 0.6) is 0 Å². The minimum Gasteiger partial charge on any atom is -0.352 e. The number of carbonyl (C=O) groups is 1. The Morgan fingerprint density at radius 2 is 1.95 bits per heavy atom. The van der Waals surface area contributed by atoms with Gasteiger partial charge in [-0.1, -0.05) is 40.0 Å². The van der Waals surface area contributed by atoms with Gasteiger partial charge in [-0.25, -0.2) is 0 Å². The number of rotatable bonds is 8. The molecule has 0 bridgehead atoms. The smallest absolute Gasteiger partial charge is 0.237 e. The molecule has 0 spiro atoms. The second-order valence-corrected chi connectivity index (χ2v) is 6.62. The fourth-order valence-electron chi connectivity index (χ4n) is 3.24. The molecule has 3 atom stereocenters. The quantitative estimate of drug-likeness (QED) is 0.715. The Morgan fingerprint density at radius 3 is 2.55 bits per heavy atom. The van der Waals surface area contributed by atoms with Gasteiger partial charge in [0.05, 0.1) is 6.04 Å². The highest BCUT2D eigenvalue weighted by molar-refractivity contribution is 5.81. The Hall–Kier alpha value is -0.570. The summed E-state index contributed by atoms with van der Waals surface area (Å²) in [5.41, 5.74) is 0. The molecule has 0 radical (unpaired) electrons. The third-order valence-corrected chi connectivity index (χ3v) is 4.77. The van der Waals surface area contributed by atoms with Crippen molar-refractivity contribution in [3.05, 3.63) is 0 Å². The van der Waals surface area contributed by atoms with Gasteiger partial charge in [0.15, 0.2) is 0 Å². The van der Waals surface area contributed by atoms with Crippen LogP contribution in [0.2, 0.25) is 0 Å². The van der Waals surface area contributed by atoms with Gasteiger partial charge in [0.2, 0.25) is 5.91 Å². The first-order chi connectivity index (χ1) is 9.56. The predicted octanol–water partition coefficient (Wildman–Crippen LogP) is 3.49. The molecule has 20 heavy (non-hydrogen) atoms. The van der Waals surface area contributed by atoms with Gasteiger partial charge in [0.1, 0.15) is 0 Å². The Labute approximate surface area is 125 Å². The van der Waals surface area contributed by atoms with E-state index < -0.39 is 0 Å². The van der Waals surface area contributed by atoms with E-state index in [0.717, 1.165) is 31.2 Å². The summed E-state index contributed by atoms with van der Waals surface area (Å²) in [4.78, 5) is 12.0. The molecule has 118 valence electrons. The van der Waals surface area contributed by atoms with E-state index in [1.807, 2.05) is 6.92 Å². The molecule has 0 aromatic heterocycles. The van der Waals surface area contributed by atoms with Gasteiger partial charge in [-0.15, -0.1) is 0 Å². The van der Waals surface area contributed by atoms with Crippen LogP contribution in [0.4, 0.5) is 0 Å². The molecule has 3 unspecified atom stereocenters. The number of hydrogen-bond donors (Lipinski definition) is 2. The van der Waals surface area contributed by atoms with Crippen molar-refractivity contribution in [3.63, 3.8) is 0 Å². The summed E-state index contributed by atoms with van der Waals surface area (Å²) < 4.78 is 0. The van der Waals surface area contributed by atoms with E-state index in [2.05, 4.69) is 31.4 Å². The molecule has 1 amide bonds. The first-order valence-electron chi connectivity index (χ1n) is 8.60. The van der Waals surface area contributed by atoms with Gasteiger partial charge in [-0.2, -0.15) is 0 Å². The molecular formula is C17H34N2O. The lowest BCUT2D eigenvalue weighted by Crippen LogP contribution is -2.46. The topological polar surface area (TPSA) is 41.1 Å². The normalized spacial score (nSPS) is 24.6. The standard InChI is InChI=1S/C17H34N2O/c1-5-16(6-2)19-17(20)14(4)18-11-10-15-9-7-8-13(3)12-15/h13-16,18H,5-12H2,1-4H3,(H,19,20). The van der Waals surface area contributed by atoms with Crippen molar-refractivity contribution < 1.29 is 4.79 Å². The van der Waals surface area contributed by atoms with Gasteiger partial charge >= 0.3 is 0 Å². The molecule has 0 aliphatic heterocycles. The lowest BCUT2D eigenvalue weighted by Gasteiger charge is -2.27. The maximum atomic E-state index is 12.0. The Kier molecular flexibility index (Phi) is 8.20. The fourth-order valence-corrected chi connectivity index (χ4v) is 3.24. The highest BCUT2D eigenvalue weighted by atomic mass is 16.2. The number of nitrogens with one attached hydrogen (secondary N) is 2. The van der Waals surface area contributed by atoms with E-state index in [4.69, 9.17) is 0 Å². The minimum atomic E-state index is -0.0726. The second-order valence-electron chi connectivity index (χ2n) is 6.62. The Morgan fingerprint density at radius 1 is 1.25 bits per heavy atom. The van der Waals surface area contributed by atoms with Crippen molar-refractivity contribution in [3.8, 4) is 0 Å². The van der Waals surface area contributed by atoms with E-state index >= 15 is 0 Å². The Balaban J connectivity index is 2.18. The van der Waals surface area contributed by atoms with Crippen LogP contribution in [0.1, 0.15) is 72.6 Å². The van der Waals surface area contributed by atoms with Gasteiger partial charge < -0.3 is 10.6 Å².